The molecule has 0 aliphatic carbocycles. The van der Waals surface area contributed by atoms with E-state index in [1.54, 1.807) is 11.3 Å². The van der Waals surface area contributed by atoms with Crippen molar-refractivity contribution in [1.82, 2.24) is 24.9 Å². The molecule has 3 aromatic heterocycles. The van der Waals surface area contributed by atoms with E-state index in [2.05, 4.69) is 20.2 Å². The molecule has 0 unspecified atom stereocenters. The molecule has 0 radical (unpaired) electrons. The lowest BCUT2D eigenvalue weighted by Crippen LogP contribution is -2.23. The summed E-state index contributed by atoms with van der Waals surface area (Å²) in [5, 5.41) is 15.0. The molecular weight excluding hydrogens is 410 g/mol. The number of hydrogen-bond acceptors (Lipinski definition) is 8. The lowest BCUT2D eigenvalue weighted by atomic mass is 10.1. The Labute approximate surface area is 174 Å². The van der Waals surface area contributed by atoms with Crippen LogP contribution in [-0.4, -0.2) is 51.8 Å². The summed E-state index contributed by atoms with van der Waals surface area (Å²) < 4.78 is 31.5. The third-order valence-electron chi connectivity index (χ3n) is 5.63. The average Bonchev–Trinajstić information content (AvgIpc) is 3.44. The van der Waals surface area contributed by atoms with Crippen LogP contribution in [0, 0.1) is 13.8 Å². The number of thiophene rings is 1. The van der Waals surface area contributed by atoms with Crippen LogP contribution in [0.2, 0.25) is 0 Å². The first kappa shape index (κ1) is 20.2. The fourth-order valence-corrected chi connectivity index (χ4v) is 6.06. The molecule has 1 aliphatic rings. The van der Waals surface area contributed by atoms with Crippen molar-refractivity contribution < 1.29 is 12.8 Å². The second kappa shape index (κ2) is 7.66. The van der Waals surface area contributed by atoms with E-state index < -0.39 is 9.84 Å². The summed E-state index contributed by atoms with van der Waals surface area (Å²) in [4.78, 5) is 3.09. The SMILES string of the molecule is Cc1nn([C@H]2CCS(=O)(=O)C2)c(C)c1CN(C)[C@H](C)c1nnc(-c2cccs2)o1. The average molecular weight is 436 g/mol. The summed E-state index contributed by atoms with van der Waals surface area (Å²) in [6.45, 7) is 6.68. The van der Waals surface area contributed by atoms with E-state index in [9.17, 15) is 8.42 Å². The number of aromatic nitrogens is 4. The molecule has 0 spiro atoms. The molecule has 1 saturated heterocycles. The Balaban J connectivity index is 1.50. The van der Waals surface area contributed by atoms with Crippen molar-refractivity contribution in [3.63, 3.8) is 0 Å². The minimum absolute atomic E-state index is 0.0646. The van der Waals surface area contributed by atoms with Gasteiger partial charge in [0.2, 0.25) is 5.89 Å². The summed E-state index contributed by atoms with van der Waals surface area (Å²) in [6.07, 6.45) is 0.628. The molecule has 10 heteroatoms. The van der Waals surface area contributed by atoms with Gasteiger partial charge in [0.15, 0.2) is 9.84 Å². The fourth-order valence-electron chi connectivity index (χ4n) is 3.73. The molecule has 0 amide bonds. The van der Waals surface area contributed by atoms with Crippen molar-refractivity contribution in [2.75, 3.05) is 18.6 Å². The topological polar surface area (TPSA) is 94.1 Å². The quantitative estimate of drug-likeness (QED) is 0.587. The highest BCUT2D eigenvalue weighted by atomic mass is 32.2. The van der Waals surface area contributed by atoms with Crippen molar-refractivity contribution in [3.05, 3.63) is 40.4 Å². The predicted octanol–water partition coefficient (Wildman–Crippen LogP) is 3.16. The van der Waals surface area contributed by atoms with Crippen molar-refractivity contribution in [2.45, 2.75) is 45.8 Å². The van der Waals surface area contributed by atoms with Crippen LogP contribution >= 0.6 is 11.3 Å². The third kappa shape index (κ3) is 4.01. The minimum Gasteiger partial charge on any atom is -0.418 e. The lowest BCUT2D eigenvalue weighted by Gasteiger charge is -2.22. The van der Waals surface area contributed by atoms with Gasteiger partial charge < -0.3 is 4.42 Å². The van der Waals surface area contributed by atoms with Gasteiger partial charge in [0.1, 0.15) is 0 Å². The highest BCUT2D eigenvalue weighted by Gasteiger charge is 2.32. The van der Waals surface area contributed by atoms with E-state index in [-0.39, 0.29) is 23.6 Å². The molecule has 1 fully saturated rings. The molecule has 3 aromatic rings. The Morgan fingerprint density at radius 2 is 2.17 bits per heavy atom. The van der Waals surface area contributed by atoms with Crippen molar-refractivity contribution in [2.24, 2.45) is 0 Å². The molecule has 0 bridgehead atoms. The first-order chi connectivity index (χ1) is 13.7. The number of aryl methyl sites for hydroxylation is 1. The van der Waals surface area contributed by atoms with Crippen LogP contribution in [0.4, 0.5) is 0 Å². The molecule has 1 aliphatic heterocycles. The number of nitrogens with zero attached hydrogens (tertiary/aromatic N) is 5. The summed E-state index contributed by atoms with van der Waals surface area (Å²) in [6, 6.07) is 3.78. The lowest BCUT2D eigenvalue weighted by molar-refractivity contribution is 0.217. The van der Waals surface area contributed by atoms with E-state index in [0.717, 1.165) is 21.8 Å². The Hall–Kier alpha value is -2.04. The van der Waals surface area contributed by atoms with Gasteiger partial charge in [-0.3, -0.25) is 9.58 Å². The Bertz CT molecular complexity index is 1100. The van der Waals surface area contributed by atoms with Gasteiger partial charge in [-0.15, -0.1) is 21.5 Å². The smallest absolute Gasteiger partial charge is 0.257 e. The largest absolute Gasteiger partial charge is 0.418 e. The molecule has 0 N–H and O–H groups in total. The van der Waals surface area contributed by atoms with Crippen LogP contribution < -0.4 is 0 Å². The van der Waals surface area contributed by atoms with Crippen LogP contribution in [0.1, 0.15) is 48.3 Å². The number of rotatable bonds is 6. The Morgan fingerprint density at radius 3 is 2.83 bits per heavy atom. The van der Waals surface area contributed by atoms with Crippen LogP contribution in [0.5, 0.6) is 0 Å². The number of hydrogen-bond donors (Lipinski definition) is 0. The zero-order chi connectivity index (χ0) is 20.8. The van der Waals surface area contributed by atoms with Crippen molar-refractivity contribution in [1.29, 1.82) is 0 Å². The monoisotopic (exact) mass is 435 g/mol. The van der Waals surface area contributed by atoms with Crippen LogP contribution in [0.25, 0.3) is 10.8 Å². The van der Waals surface area contributed by atoms with Crippen LogP contribution in [-0.2, 0) is 16.4 Å². The molecule has 0 aromatic carbocycles. The van der Waals surface area contributed by atoms with Gasteiger partial charge in [-0.2, -0.15) is 5.10 Å². The van der Waals surface area contributed by atoms with E-state index in [0.29, 0.717) is 24.7 Å². The summed E-state index contributed by atoms with van der Waals surface area (Å²) in [5.41, 5.74) is 3.06. The number of sulfone groups is 1. The van der Waals surface area contributed by atoms with E-state index in [1.807, 2.05) is 50.0 Å². The molecule has 29 heavy (non-hydrogen) atoms. The van der Waals surface area contributed by atoms with E-state index in [4.69, 9.17) is 4.42 Å². The Morgan fingerprint density at radius 1 is 1.38 bits per heavy atom. The van der Waals surface area contributed by atoms with E-state index >= 15 is 0 Å². The summed E-state index contributed by atoms with van der Waals surface area (Å²) in [5.74, 6) is 1.53. The van der Waals surface area contributed by atoms with Crippen molar-refractivity contribution >= 4 is 21.2 Å². The molecule has 8 nitrogen and oxygen atoms in total. The third-order valence-corrected chi connectivity index (χ3v) is 8.24. The van der Waals surface area contributed by atoms with Gasteiger partial charge in [0, 0.05) is 17.8 Å². The molecule has 0 saturated carbocycles. The first-order valence-electron chi connectivity index (χ1n) is 9.57. The summed E-state index contributed by atoms with van der Waals surface area (Å²) >= 11 is 1.57. The fraction of sp³-hybridized carbons (Fsp3) is 0.526. The maximum absolute atomic E-state index is 11.9. The molecule has 4 heterocycles. The first-order valence-corrected chi connectivity index (χ1v) is 12.3. The van der Waals surface area contributed by atoms with Gasteiger partial charge >= 0.3 is 0 Å². The van der Waals surface area contributed by atoms with Gasteiger partial charge in [-0.1, -0.05) is 6.07 Å². The van der Waals surface area contributed by atoms with Crippen molar-refractivity contribution in [3.8, 4) is 10.8 Å². The standard InChI is InChI=1S/C19H25N5O3S2/c1-12-16(13(2)24(22-12)15-7-9-29(25,26)11-15)10-23(4)14(3)18-20-21-19(27-18)17-6-5-8-28-17/h5-6,8,14-15H,7,9-11H2,1-4H3/t14-,15+/m1/s1. The molecule has 4 rings (SSSR count). The maximum atomic E-state index is 11.9. The maximum Gasteiger partial charge on any atom is 0.257 e. The second-order valence-corrected chi connectivity index (χ2v) is 10.8. The minimum atomic E-state index is -2.95. The highest BCUT2D eigenvalue weighted by Crippen LogP contribution is 2.30. The normalized spacial score (nSPS) is 19.8. The second-order valence-electron chi connectivity index (χ2n) is 7.66. The highest BCUT2D eigenvalue weighted by molar-refractivity contribution is 7.91. The van der Waals surface area contributed by atoms with Crippen LogP contribution in [0.3, 0.4) is 0 Å². The molecule has 156 valence electrons. The van der Waals surface area contributed by atoms with Gasteiger partial charge in [0.25, 0.3) is 5.89 Å². The van der Waals surface area contributed by atoms with Gasteiger partial charge in [0.05, 0.1) is 34.2 Å². The zero-order valence-electron chi connectivity index (χ0n) is 17.0. The Kier molecular flexibility index (Phi) is 5.34. The predicted molar refractivity (Wildman–Crippen MR) is 112 cm³/mol. The molecule has 2 atom stereocenters. The molecular formula is C19H25N5O3S2. The summed E-state index contributed by atoms with van der Waals surface area (Å²) in [7, 11) is -0.941. The zero-order valence-corrected chi connectivity index (χ0v) is 18.6. The van der Waals surface area contributed by atoms with E-state index in [1.165, 1.54) is 0 Å². The van der Waals surface area contributed by atoms with Gasteiger partial charge in [-0.05, 0) is 45.7 Å². The van der Waals surface area contributed by atoms with Crippen LogP contribution in [0.15, 0.2) is 21.9 Å². The van der Waals surface area contributed by atoms with Gasteiger partial charge in [-0.25, -0.2) is 8.42 Å².